The van der Waals surface area contributed by atoms with Crippen LogP contribution < -0.4 is 10.6 Å². The largest absolute Gasteiger partial charge is 0.347 e. The van der Waals surface area contributed by atoms with E-state index in [1.807, 2.05) is 0 Å². The quantitative estimate of drug-likeness (QED) is 0.928. The van der Waals surface area contributed by atoms with Crippen LogP contribution in [0.5, 0.6) is 0 Å². The van der Waals surface area contributed by atoms with E-state index in [1.54, 1.807) is 11.3 Å². The Balaban J connectivity index is 2.17. The van der Waals surface area contributed by atoms with Gasteiger partial charge in [-0.25, -0.2) is 4.98 Å². The van der Waals surface area contributed by atoms with Gasteiger partial charge in [0.2, 0.25) is 0 Å². The second-order valence-corrected chi connectivity index (χ2v) is 8.87. The SMILES string of the molecule is CC(C)c1nc(N2CCSC(C)(C)CC2)sc1CN. The first-order valence-electron chi connectivity index (χ1n) is 7.01. The average Bonchev–Trinajstić information content (AvgIpc) is 2.69. The second-order valence-electron chi connectivity index (χ2n) is 6.01. The highest BCUT2D eigenvalue weighted by Gasteiger charge is 2.25. The van der Waals surface area contributed by atoms with Crippen molar-refractivity contribution < 1.29 is 0 Å². The highest BCUT2D eigenvalue weighted by Crippen LogP contribution is 2.35. The molecule has 0 spiro atoms. The molecule has 0 aromatic carbocycles. The van der Waals surface area contributed by atoms with Crippen LogP contribution in [0.4, 0.5) is 5.13 Å². The van der Waals surface area contributed by atoms with Crippen LogP contribution in [0.2, 0.25) is 0 Å². The van der Waals surface area contributed by atoms with Crippen LogP contribution in [0.1, 0.15) is 50.6 Å². The van der Waals surface area contributed by atoms with Crippen LogP contribution in [0.25, 0.3) is 0 Å². The van der Waals surface area contributed by atoms with Gasteiger partial charge < -0.3 is 10.6 Å². The van der Waals surface area contributed by atoms with Crippen molar-refractivity contribution >= 4 is 28.2 Å². The maximum atomic E-state index is 5.85. The first kappa shape index (κ1) is 15.1. The maximum Gasteiger partial charge on any atom is 0.185 e. The molecule has 5 heteroatoms. The van der Waals surface area contributed by atoms with Gasteiger partial charge in [-0.15, -0.1) is 11.3 Å². The third kappa shape index (κ3) is 3.64. The summed E-state index contributed by atoms with van der Waals surface area (Å²) in [6, 6.07) is 0. The van der Waals surface area contributed by atoms with Crippen molar-refractivity contribution in [3.63, 3.8) is 0 Å². The monoisotopic (exact) mass is 299 g/mol. The lowest BCUT2D eigenvalue weighted by molar-refractivity contribution is 0.636. The van der Waals surface area contributed by atoms with Crippen LogP contribution in [-0.4, -0.2) is 28.6 Å². The van der Waals surface area contributed by atoms with Gasteiger partial charge >= 0.3 is 0 Å². The van der Waals surface area contributed by atoms with Crippen LogP contribution in [-0.2, 0) is 6.54 Å². The van der Waals surface area contributed by atoms with Crippen molar-refractivity contribution in [2.75, 3.05) is 23.7 Å². The van der Waals surface area contributed by atoms with Crippen LogP contribution in [0.3, 0.4) is 0 Å². The first-order chi connectivity index (χ1) is 8.93. The number of hydrogen-bond acceptors (Lipinski definition) is 5. The molecule has 0 amide bonds. The van der Waals surface area contributed by atoms with E-state index in [0.29, 0.717) is 17.2 Å². The lowest BCUT2D eigenvalue weighted by Gasteiger charge is -2.22. The van der Waals surface area contributed by atoms with Crippen LogP contribution >= 0.6 is 23.1 Å². The van der Waals surface area contributed by atoms with Crippen molar-refractivity contribution in [3.05, 3.63) is 10.6 Å². The lowest BCUT2D eigenvalue weighted by atomic mass is 10.1. The Morgan fingerprint density at radius 2 is 2.11 bits per heavy atom. The Morgan fingerprint density at radius 3 is 2.68 bits per heavy atom. The molecule has 3 nitrogen and oxygen atoms in total. The van der Waals surface area contributed by atoms with Gasteiger partial charge in [0.1, 0.15) is 0 Å². The highest BCUT2D eigenvalue weighted by atomic mass is 32.2. The molecule has 1 saturated heterocycles. The normalized spacial score (nSPS) is 19.8. The number of hydrogen-bond donors (Lipinski definition) is 1. The van der Waals surface area contributed by atoms with Gasteiger partial charge in [-0.3, -0.25) is 0 Å². The molecule has 0 atom stereocenters. The van der Waals surface area contributed by atoms with E-state index < -0.39 is 0 Å². The van der Waals surface area contributed by atoms with Crippen molar-refractivity contribution in [1.82, 2.24) is 4.98 Å². The minimum Gasteiger partial charge on any atom is -0.347 e. The molecule has 1 aliphatic rings. The summed E-state index contributed by atoms with van der Waals surface area (Å²) in [5.41, 5.74) is 7.05. The van der Waals surface area contributed by atoms with Crippen LogP contribution in [0, 0.1) is 0 Å². The fourth-order valence-corrected chi connectivity index (χ4v) is 4.54. The third-order valence-corrected chi connectivity index (χ3v) is 6.08. The standard InChI is InChI=1S/C14H25N3S2/c1-10(2)12-11(9-15)19-13(16-12)17-6-5-14(3,4)18-8-7-17/h10H,5-9,15H2,1-4H3. The van der Waals surface area contributed by atoms with E-state index in [1.165, 1.54) is 27.9 Å². The number of aromatic nitrogens is 1. The molecule has 2 heterocycles. The lowest BCUT2D eigenvalue weighted by Crippen LogP contribution is -2.26. The molecule has 1 aromatic rings. The number of anilines is 1. The molecule has 2 N–H and O–H groups in total. The molecule has 1 fully saturated rings. The fourth-order valence-electron chi connectivity index (χ4n) is 2.29. The summed E-state index contributed by atoms with van der Waals surface area (Å²) < 4.78 is 0.392. The van der Waals surface area contributed by atoms with Gasteiger partial charge in [0, 0.05) is 35.0 Å². The molecule has 19 heavy (non-hydrogen) atoms. The second kappa shape index (κ2) is 6.02. The summed E-state index contributed by atoms with van der Waals surface area (Å²) in [5, 5.41) is 1.17. The predicted molar refractivity (Wildman–Crippen MR) is 87.5 cm³/mol. The smallest absolute Gasteiger partial charge is 0.185 e. The summed E-state index contributed by atoms with van der Waals surface area (Å²) in [7, 11) is 0. The molecule has 0 saturated carbocycles. The molecule has 0 bridgehead atoms. The number of rotatable bonds is 3. The topological polar surface area (TPSA) is 42.2 Å². The van der Waals surface area contributed by atoms with E-state index in [-0.39, 0.29) is 0 Å². The maximum absolute atomic E-state index is 5.85. The van der Waals surface area contributed by atoms with Crippen molar-refractivity contribution in [2.45, 2.75) is 51.3 Å². The summed E-state index contributed by atoms with van der Waals surface area (Å²) in [6.45, 7) is 11.9. The van der Waals surface area contributed by atoms with Crippen molar-refractivity contribution in [3.8, 4) is 0 Å². The molecule has 1 aromatic heterocycles. The van der Waals surface area contributed by atoms with Crippen molar-refractivity contribution in [2.24, 2.45) is 5.73 Å². The molecule has 0 aliphatic carbocycles. The molecular weight excluding hydrogens is 274 g/mol. The van der Waals surface area contributed by atoms with Crippen LogP contribution in [0.15, 0.2) is 0 Å². The summed E-state index contributed by atoms with van der Waals surface area (Å²) in [4.78, 5) is 8.54. The summed E-state index contributed by atoms with van der Waals surface area (Å²) in [5.74, 6) is 1.64. The number of nitrogens with two attached hydrogens (primary N) is 1. The zero-order valence-corrected chi connectivity index (χ0v) is 14.0. The Labute approximate surface area is 125 Å². The van der Waals surface area contributed by atoms with Gasteiger partial charge in [0.05, 0.1) is 5.69 Å². The zero-order chi connectivity index (χ0) is 14.0. The third-order valence-electron chi connectivity index (χ3n) is 3.56. The Kier molecular flexibility index (Phi) is 4.79. The van der Waals surface area contributed by atoms with Gasteiger partial charge in [0.15, 0.2) is 5.13 Å². The number of thioether (sulfide) groups is 1. The minimum absolute atomic E-state index is 0.392. The molecule has 1 aliphatic heterocycles. The molecule has 0 unspecified atom stereocenters. The van der Waals surface area contributed by atoms with Gasteiger partial charge in [-0.05, 0) is 12.3 Å². The Bertz CT molecular complexity index is 426. The van der Waals surface area contributed by atoms with Gasteiger partial charge in [0.25, 0.3) is 0 Å². The molecule has 108 valence electrons. The van der Waals surface area contributed by atoms with Gasteiger partial charge in [-0.2, -0.15) is 11.8 Å². The van der Waals surface area contributed by atoms with E-state index in [2.05, 4.69) is 44.4 Å². The summed E-state index contributed by atoms with van der Waals surface area (Å²) in [6.07, 6.45) is 1.21. The van der Waals surface area contributed by atoms with Gasteiger partial charge in [-0.1, -0.05) is 27.7 Å². The first-order valence-corrected chi connectivity index (χ1v) is 8.82. The van der Waals surface area contributed by atoms with E-state index >= 15 is 0 Å². The van der Waals surface area contributed by atoms with E-state index in [9.17, 15) is 0 Å². The van der Waals surface area contributed by atoms with Crippen molar-refractivity contribution in [1.29, 1.82) is 0 Å². The Morgan fingerprint density at radius 1 is 1.37 bits per heavy atom. The minimum atomic E-state index is 0.392. The fraction of sp³-hybridized carbons (Fsp3) is 0.786. The predicted octanol–water partition coefficient (Wildman–Crippen LogP) is 3.45. The van der Waals surface area contributed by atoms with E-state index in [4.69, 9.17) is 10.7 Å². The molecule has 2 rings (SSSR count). The van der Waals surface area contributed by atoms with E-state index in [0.717, 1.165) is 13.1 Å². The summed E-state index contributed by atoms with van der Waals surface area (Å²) >= 11 is 3.86. The molecular formula is C14H25N3S2. The molecule has 0 radical (unpaired) electrons. The highest BCUT2D eigenvalue weighted by molar-refractivity contribution is 8.00. The number of nitrogens with zero attached hydrogens (tertiary/aromatic N) is 2. The zero-order valence-electron chi connectivity index (χ0n) is 12.4. The Hall–Kier alpha value is -0.260. The average molecular weight is 300 g/mol. The number of thiazole rings is 1.